The standard InChI is InChI=1S/C14H16BrFN2O2/c1-9(19)17-11-4-6-18(7-5-11)14(20)12-3-2-10(16)8-13(12)15/h2-3,8,11H,4-7H2,1H3,(H,17,19). The number of nitrogens with one attached hydrogen (secondary N) is 1. The van der Waals surface area contributed by atoms with E-state index in [0.717, 1.165) is 12.8 Å². The molecule has 1 aromatic carbocycles. The number of benzene rings is 1. The van der Waals surface area contributed by atoms with Gasteiger partial charge in [0.1, 0.15) is 5.82 Å². The molecule has 1 heterocycles. The number of hydrogen-bond donors (Lipinski definition) is 1. The Kier molecular flexibility index (Phi) is 4.75. The summed E-state index contributed by atoms with van der Waals surface area (Å²) in [6.45, 7) is 2.67. The molecule has 0 bridgehead atoms. The number of rotatable bonds is 2. The average molecular weight is 343 g/mol. The summed E-state index contributed by atoms with van der Waals surface area (Å²) in [7, 11) is 0. The van der Waals surface area contributed by atoms with Gasteiger partial charge in [-0.3, -0.25) is 9.59 Å². The summed E-state index contributed by atoms with van der Waals surface area (Å²) in [5.74, 6) is -0.535. The molecule has 6 heteroatoms. The monoisotopic (exact) mass is 342 g/mol. The van der Waals surface area contributed by atoms with Crippen LogP contribution in [0, 0.1) is 5.82 Å². The number of carbonyl (C=O) groups is 2. The van der Waals surface area contributed by atoms with E-state index in [1.54, 1.807) is 4.90 Å². The molecule has 1 saturated heterocycles. The number of carbonyl (C=O) groups excluding carboxylic acids is 2. The highest BCUT2D eigenvalue weighted by atomic mass is 79.9. The molecule has 2 rings (SSSR count). The summed E-state index contributed by atoms with van der Waals surface area (Å²) in [5.41, 5.74) is 0.462. The van der Waals surface area contributed by atoms with Gasteiger partial charge in [0.15, 0.2) is 0 Å². The van der Waals surface area contributed by atoms with E-state index < -0.39 is 0 Å². The van der Waals surface area contributed by atoms with Gasteiger partial charge in [0.25, 0.3) is 5.91 Å². The number of amides is 2. The van der Waals surface area contributed by atoms with Crippen molar-refractivity contribution in [3.05, 3.63) is 34.1 Å². The van der Waals surface area contributed by atoms with Crippen molar-refractivity contribution < 1.29 is 14.0 Å². The van der Waals surface area contributed by atoms with Gasteiger partial charge in [-0.15, -0.1) is 0 Å². The van der Waals surface area contributed by atoms with Crippen molar-refractivity contribution in [1.82, 2.24) is 10.2 Å². The van der Waals surface area contributed by atoms with E-state index in [1.165, 1.54) is 25.1 Å². The van der Waals surface area contributed by atoms with Crippen LogP contribution < -0.4 is 5.32 Å². The van der Waals surface area contributed by atoms with Gasteiger partial charge >= 0.3 is 0 Å². The zero-order valence-corrected chi connectivity index (χ0v) is 12.7. The van der Waals surface area contributed by atoms with E-state index in [0.29, 0.717) is 23.1 Å². The lowest BCUT2D eigenvalue weighted by Crippen LogP contribution is -2.46. The Morgan fingerprint density at radius 3 is 2.55 bits per heavy atom. The molecule has 0 radical (unpaired) electrons. The molecule has 1 aliphatic heterocycles. The highest BCUT2D eigenvalue weighted by Gasteiger charge is 2.25. The Hall–Kier alpha value is -1.43. The van der Waals surface area contributed by atoms with Gasteiger partial charge in [0.2, 0.25) is 5.91 Å². The summed E-state index contributed by atoms with van der Waals surface area (Å²) in [4.78, 5) is 25.1. The molecule has 0 unspecified atom stereocenters. The quantitative estimate of drug-likeness (QED) is 0.896. The minimum absolute atomic E-state index is 0.0453. The summed E-state index contributed by atoms with van der Waals surface area (Å²) < 4.78 is 13.5. The van der Waals surface area contributed by atoms with E-state index >= 15 is 0 Å². The largest absolute Gasteiger partial charge is 0.353 e. The van der Waals surface area contributed by atoms with Gasteiger partial charge in [-0.1, -0.05) is 0 Å². The number of nitrogens with zero attached hydrogens (tertiary/aromatic N) is 1. The topological polar surface area (TPSA) is 49.4 Å². The van der Waals surface area contributed by atoms with Crippen LogP contribution in [0.25, 0.3) is 0 Å². The fourth-order valence-electron chi connectivity index (χ4n) is 2.35. The third-order valence-electron chi connectivity index (χ3n) is 3.35. The fraction of sp³-hybridized carbons (Fsp3) is 0.429. The van der Waals surface area contributed by atoms with Crippen LogP contribution in [0.15, 0.2) is 22.7 Å². The average Bonchev–Trinajstić information content (AvgIpc) is 2.38. The van der Waals surface area contributed by atoms with E-state index in [9.17, 15) is 14.0 Å². The lowest BCUT2D eigenvalue weighted by atomic mass is 10.0. The molecule has 0 atom stereocenters. The molecule has 20 heavy (non-hydrogen) atoms. The van der Waals surface area contributed by atoms with Gasteiger partial charge in [0.05, 0.1) is 5.56 Å². The molecule has 1 aromatic rings. The van der Waals surface area contributed by atoms with Crippen molar-refractivity contribution in [2.45, 2.75) is 25.8 Å². The van der Waals surface area contributed by atoms with Crippen molar-refractivity contribution in [3.63, 3.8) is 0 Å². The van der Waals surface area contributed by atoms with Gasteiger partial charge in [-0.2, -0.15) is 0 Å². The molecule has 0 aromatic heterocycles. The normalized spacial score (nSPS) is 16.1. The zero-order chi connectivity index (χ0) is 14.7. The molecular formula is C14H16BrFN2O2. The third kappa shape index (κ3) is 3.56. The SMILES string of the molecule is CC(=O)NC1CCN(C(=O)c2ccc(F)cc2Br)CC1. The predicted octanol–water partition coefficient (Wildman–Crippen LogP) is 2.33. The second-order valence-electron chi connectivity index (χ2n) is 4.89. The van der Waals surface area contributed by atoms with Crippen molar-refractivity contribution >= 4 is 27.7 Å². The third-order valence-corrected chi connectivity index (χ3v) is 4.01. The molecule has 0 saturated carbocycles. The smallest absolute Gasteiger partial charge is 0.255 e. The molecule has 1 fully saturated rings. The summed E-state index contributed by atoms with van der Waals surface area (Å²) in [5, 5.41) is 2.86. The fourth-order valence-corrected chi connectivity index (χ4v) is 2.87. The molecule has 108 valence electrons. The predicted molar refractivity (Wildman–Crippen MR) is 76.8 cm³/mol. The first-order valence-electron chi connectivity index (χ1n) is 6.49. The molecule has 0 aliphatic carbocycles. The number of piperidine rings is 1. The molecule has 1 N–H and O–H groups in total. The maximum Gasteiger partial charge on any atom is 0.255 e. The summed E-state index contributed by atoms with van der Waals surface area (Å²) >= 11 is 3.21. The Morgan fingerprint density at radius 1 is 1.35 bits per heavy atom. The minimum Gasteiger partial charge on any atom is -0.353 e. The summed E-state index contributed by atoms with van der Waals surface area (Å²) in [6, 6.07) is 4.19. The van der Waals surface area contributed by atoms with Crippen LogP contribution in [-0.4, -0.2) is 35.8 Å². The minimum atomic E-state index is -0.377. The van der Waals surface area contributed by atoms with E-state index in [1.807, 2.05) is 0 Å². The van der Waals surface area contributed by atoms with Crippen LogP contribution in [0.2, 0.25) is 0 Å². The van der Waals surface area contributed by atoms with Crippen molar-refractivity contribution in [2.75, 3.05) is 13.1 Å². The zero-order valence-electron chi connectivity index (χ0n) is 11.2. The molecule has 0 spiro atoms. The second kappa shape index (κ2) is 6.35. The van der Waals surface area contributed by atoms with Crippen molar-refractivity contribution in [3.8, 4) is 0 Å². The Morgan fingerprint density at radius 2 is 2.00 bits per heavy atom. The van der Waals surface area contributed by atoms with Gasteiger partial charge in [-0.05, 0) is 47.0 Å². The van der Waals surface area contributed by atoms with E-state index in [2.05, 4.69) is 21.2 Å². The van der Waals surface area contributed by atoms with Crippen LogP contribution in [0.3, 0.4) is 0 Å². The second-order valence-corrected chi connectivity index (χ2v) is 5.75. The highest BCUT2D eigenvalue weighted by Crippen LogP contribution is 2.21. The molecule has 1 aliphatic rings. The molecule has 4 nitrogen and oxygen atoms in total. The summed E-state index contributed by atoms with van der Waals surface area (Å²) in [6.07, 6.45) is 1.48. The first kappa shape index (κ1) is 15.0. The lowest BCUT2D eigenvalue weighted by molar-refractivity contribution is -0.119. The Bertz CT molecular complexity index is 528. The van der Waals surface area contributed by atoms with Gasteiger partial charge in [-0.25, -0.2) is 4.39 Å². The highest BCUT2D eigenvalue weighted by molar-refractivity contribution is 9.10. The van der Waals surface area contributed by atoms with Crippen LogP contribution in [0.5, 0.6) is 0 Å². The van der Waals surface area contributed by atoms with E-state index in [-0.39, 0.29) is 23.7 Å². The van der Waals surface area contributed by atoms with Crippen LogP contribution >= 0.6 is 15.9 Å². The first-order chi connectivity index (χ1) is 9.47. The van der Waals surface area contributed by atoms with Crippen LogP contribution in [0.4, 0.5) is 4.39 Å². The maximum absolute atomic E-state index is 13.0. The van der Waals surface area contributed by atoms with Gasteiger partial charge in [0, 0.05) is 30.5 Å². The van der Waals surface area contributed by atoms with Crippen molar-refractivity contribution in [2.24, 2.45) is 0 Å². The molecular weight excluding hydrogens is 327 g/mol. The maximum atomic E-state index is 13.0. The number of likely N-dealkylation sites (tertiary alicyclic amines) is 1. The van der Waals surface area contributed by atoms with E-state index in [4.69, 9.17) is 0 Å². The van der Waals surface area contributed by atoms with Gasteiger partial charge < -0.3 is 10.2 Å². The number of hydrogen-bond acceptors (Lipinski definition) is 2. The van der Waals surface area contributed by atoms with Crippen LogP contribution in [-0.2, 0) is 4.79 Å². The Labute approximate surface area is 125 Å². The lowest BCUT2D eigenvalue weighted by Gasteiger charge is -2.32. The van der Waals surface area contributed by atoms with Crippen LogP contribution in [0.1, 0.15) is 30.1 Å². The number of halogens is 2. The molecule has 2 amide bonds. The van der Waals surface area contributed by atoms with Crippen molar-refractivity contribution in [1.29, 1.82) is 0 Å². The first-order valence-corrected chi connectivity index (χ1v) is 7.28. The Balaban J connectivity index is 1.99.